The second-order valence-electron chi connectivity index (χ2n) is 3.15. The molecule has 1 saturated carbocycles. The lowest BCUT2D eigenvalue weighted by Gasteiger charge is -2.14. The van der Waals surface area contributed by atoms with Gasteiger partial charge in [0.2, 0.25) is 0 Å². The molecule has 0 unspecified atom stereocenters. The van der Waals surface area contributed by atoms with E-state index in [2.05, 4.69) is 4.84 Å². The second-order valence-corrected chi connectivity index (χ2v) is 3.15. The lowest BCUT2D eigenvalue weighted by molar-refractivity contribution is -0.770. The highest BCUT2D eigenvalue weighted by Gasteiger charge is 2.40. The van der Waals surface area contributed by atoms with Crippen LogP contribution >= 0.6 is 0 Å². The maximum Gasteiger partial charge on any atom is 0.306 e. The van der Waals surface area contributed by atoms with Crippen molar-refractivity contribution < 1.29 is 24.6 Å². The van der Waals surface area contributed by atoms with E-state index < -0.39 is 29.2 Å². The van der Waals surface area contributed by atoms with Gasteiger partial charge in [-0.1, -0.05) is 0 Å². The lowest BCUT2D eigenvalue weighted by Crippen LogP contribution is -2.27. The molecule has 0 heterocycles. The average molecular weight is 205 g/mol. The normalized spacial score (nSPS) is 31.4. The Kier molecular flexibility index (Phi) is 3.23. The molecule has 7 nitrogen and oxygen atoms in total. The topological polar surface area (TPSA) is 98.9 Å². The van der Waals surface area contributed by atoms with E-state index in [0.29, 0.717) is 0 Å². The second kappa shape index (κ2) is 4.23. The summed E-state index contributed by atoms with van der Waals surface area (Å²) in [6.07, 6.45) is -0.906. The molecule has 1 rings (SSSR count). The zero-order valence-electron chi connectivity index (χ0n) is 7.58. The molecule has 3 atom stereocenters. The van der Waals surface area contributed by atoms with Gasteiger partial charge >= 0.3 is 5.97 Å². The first-order chi connectivity index (χ1) is 6.54. The fraction of sp³-hybridized carbons (Fsp3) is 0.857. The standard InChI is InChI=1S/C7H11NO6/c1-13-5-2-4(7(9)10)3-6(5)14-8(11)12/h4-6H,2-3H2,1H3,(H,9,10)/t4-,5+,6-/m1/s1. The molecular weight excluding hydrogens is 194 g/mol. The number of aliphatic carboxylic acids is 1. The molecule has 0 saturated heterocycles. The Morgan fingerprint density at radius 3 is 2.50 bits per heavy atom. The quantitative estimate of drug-likeness (QED) is 0.515. The van der Waals surface area contributed by atoms with Crippen molar-refractivity contribution in [2.75, 3.05) is 7.11 Å². The van der Waals surface area contributed by atoms with Gasteiger partial charge in [0.25, 0.3) is 5.09 Å². The van der Waals surface area contributed by atoms with Crippen molar-refractivity contribution in [2.24, 2.45) is 5.92 Å². The van der Waals surface area contributed by atoms with E-state index in [4.69, 9.17) is 9.84 Å². The number of hydrogen-bond donors (Lipinski definition) is 1. The van der Waals surface area contributed by atoms with Gasteiger partial charge in [-0.05, 0) is 12.8 Å². The summed E-state index contributed by atoms with van der Waals surface area (Å²) < 4.78 is 4.91. The van der Waals surface area contributed by atoms with Crippen LogP contribution in [0.4, 0.5) is 0 Å². The van der Waals surface area contributed by atoms with Crippen molar-refractivity contribution in [1.82, 2.24) is 0 Å². The Labute approximate surface area is 79.7 Å². The van der Waals surface area contributed by atoms with Crippen LogP contribution in [0.25, 0.3) is 0 Å². The van der Waals surface area contributed by atoms with Crippen molar-refractivity contribution in [2.45, 2.75) is 25.0 Å². The summed E-state index contributed by atoms with van der Waals surface area (Å²) in [6, 6.07) is 0. The van der Waals surface area contributed by atoms with Gasteiger partial charge in [-0.25, -0.2) is 0 Å². The van der Waals surface area contributed by atoms with Crippen LogP contribution in [0.3, 0.4) is 0 Å². The van der Waals surface area contributed by atoms with Crippen LogP contribution in [-0.2, 0) is 14.4 Å². The Hall–Kier alpha value is -1.37. The van der Waals surface area contributed by atoms with Crippen molar-refractivity contribution in [3.63, 3.8) is 0 Å². The van der Waals surface area contributed by atoms with E-state index >= 15 is 0 Å². The molecule has 1 fully saturated rings. The van der Waals surface area contributed by atoms with Crippen LogP contribution in [0.15, 0.2) is 0 Å². The van der Waals surface area contributed by atoms with E-state index in [1.165, 1.54) is 7.11 Å². The summed E-state index contributed by atoms with van der Waals surface area (Å²) >= 11 is 0. The predicted molar refractivity (Wildman–Crippen MR) is 43.0 cm³/mol. The predicted octanol–water partition coefficient (Wildman–Crippen LogP) is 0.0729. The Morgan fingerprint density at radius 1 is 1.50 bits per heavy atom. The van der Waals surface area contributed by atoms with Gasteiger partial charge < -0.3 is 14.7 Å². The van der Waals surface area contributed by atoms with Gasteiger partial charge in [0, 0.05) is 7.11 Å². The molecule has 1 aliphatic rings. The molecule has 0 bridgehead atoms. The highest BCUT2D eigenvalue weighted by molar-refractivity contribution is 5.70. The van der Waals surface area contributed by atoms with Crippen molar-refractivity contribution in [3.8, 4) is 0 Å². The first-order valence-electron chi connectivity index (χ1n) is 4.11. The van der Waals surface area contributed by atoms with Crippen LogP contribution < -0.4 is 0 Å². The van der Waals surface area contributed by atoms with Gasteiger partial charge in [-0.15, -0.1) is 10.1 Å². The van der Waals surface area contributed by atoms with Crippen LogP contribution in [0.1, 0.15) is 12.8 Å². The van der Waals surface area contributed by atoms with Crippen LogP contribution in [0.5, 0.6) is 0 Å². The van der Waals surface area contributed by atoms with Gasteiger partial charge in [0.05, 0.1) is 12.0 Å². The fourth-order valence-corrected chi connectivity index (χ4v) is 1.63. The molecular formula is C7H11NO6. The third kappa shape index (κ3) is 2.32. The summed E-state index contributed by atoms with van der Waals surface area (Å²) in [4.78, 5) is 25.0. The van der Waals surface area contributed by atoms with Gasteiger partial charge in [-0.3, -0.25) is 4.79 Å². The maximum atomic E-state index is 10.6. The smallest absolute Gasteiger partial charge is 0.306 e. The molecule has 0 amide bonds. The molecule has 14 heavy (non-hydrogen) atoms. The minimum absolute atomic E-state index is 0.120. The molecule has 0 aromatic carbocycles. The van der Waals surface area contributed by atoms with E-state index in [1.54, 1.807) is 0 Å². The molecule has 0 aromatic rings. The van der Waals surface area contributed by atoms with Gasteiger partial charge in [-0.2, -0.15) is 0 Å². The number of nitrogens with zero attached hydrogens (tertiary/aromatic N) is 1. The van der Waals surface area contributed by atoms with E-state index in [0.717, 1.165) is 0 Å². The third-order valence-electron chi connectivity index (χ3n) is 2.32. The lowest BCUT2D eigenvalue weighted by atomic mass is 10.1. The van der Waals surface area contributed by atoms with Crippen LogP contribution in [-0.4, -0.2) is 35.5 Å². The first kappa shape index (κ1) is 10.7. The van der Waals surface area contributed by atoms with Gasteiger partial charge in [0.15, 0.2) is 0 Å². The van der Waals surface area contributed by atoms with Gasteiger partial charge in [0.1, 0.15) is 6.10 Å². The minimum Gasteiger partial charge on any atom is -0.481 e. The zero-order valence-corrected chi connectivity index (χ0v) is 7.58. The number of carbonyl (C=O) groups is 1. The van der Waals surface area contributed by atoms with Crippen molar-refractivity contribution in [3.05, 3.63) is 10.1 Å². The highest BCUT2D eigenvalue weighted by atomic mass is 17.0. The molecule has 80 valence electrons. The number of methoxy groups -OCH3 is 1. The van der Waals surface area contributed by atoms with Crippen LogP contribution in [0.2, 0.25) is 0 Å². The monoisotopic (exact) mass is 205 g/mol. The Balaban J connectivity index is 2.57. The molecule has 0 aliphatic heterocycles. The molecule has 0 radical (unpaired) electrons. The Morgan fingerprint density at radius 2 is 2.07 bits per heavy atom. The maximum absolute atomic E-state index is 10.6. The zero-order chi connectivity index (χ0) is 10.7. The average Bonchev–Trinajstić information content (AvgIpc) is 2.46. The summed E-state index contributed by atoms with van der Waals surface area (Å²) in [7, 11) is 1.38. The minimum atomic E-state index is -0.971. The summed E-state index contributed by atoms with van der Waals surface area (Å²) in [6.45, 7) is 0. The van der Waals surface area contributed by atoms with E-state index in [1.807, 2.05) is 0 Å². The number of ether oxygens (including phenoxy) is 1. The van der Waals surface area contributed by atoms with Crippen molar-refractivity contribution >= 4 is 5.97 Å². The molecule has 0 spiro atoms. The summed E-state index contributed by atoms with van der Waals surface area (Å²) in [5, 5.41) is 17.9. The molecule has 7 heteroatoms. The van der Waals surface area contributed by atoms with Crippen molar-refractivity contribution in [1.29, 1.82) is 0 Å². The largest absolute Gasteiger partial charge is 0.481 e. The highest BCUT2D eigenvalue weighted by Crippen LogP contribution is 2.30. The molecule has 0 aromatic heterocycles. The summed E-state index contributed by atoms with van der Waals surface area (Å²) in [5.74, 6) is -1.59. The molecule has 1 N–H and O–H groups in total. The fourth-order valence-electron chi connectivity index (χ4n) is 1.63. The third-order valence-corrected chi connectivity index (χ3v) is 2.32. The van der Waals surface area contributed by atoms with E-state index in [9.17, 15) is 14.9 Å². The van der Waals surface area contributed by atoms with Crippen LogP contribution in [0, 0.1) is 16.0 Å². The molecule has 1 aliphatic carbocycles. The first-order valence-corrected chi connectivity index (χ1v) is 4.11. The number of hydrogen-bond acceptors (Lipinski definition) is 5. The Bertz CT molecular complexity index is 242. The number of carboxylic acid groups (broad SMARTS) is 1. The number of carboxylic acids is 1. The SMILES string of the molecule is CO[C@H]1C[C@@H](C(=O)O)C[C@H]1O[N+](=O)[O-]. The summed E-state index contributed by atoms with van der Waals surface area (Å²) in [5.41, 5.74) is 0. The van der Waals surface area contributed by atoms with E-state index in [-0.39, 0.29) is 12.8 Å². The number of rotatable bonds is 4.